The highest BCUT2D eigenvalue weighted by atomic mass is 16.5. The van der Waals surface area contributed by atoms with E-state index in [0.717, 1.165) is 18.8 Å². The van der Waals surface area contributed by atoms with Crippen LogP contribution < -0.4 is 10.1 Å². The third kappa shape index (κ3) is 3.95. The summed E-state index contributed by atoms with van der Waals surface area (Å²) in [6.07, 6.45) is 1.63. The van der Waals surface area contributed by atoms with Gasteiger partial charge in [0, 0.05) is 18.7 Å². The molecule has 0 bridgehead atoms. The van der Waals surface area contributed by atoms with Crippen molar-refractivity contribution in [2.45, 2.75) is 58.4 Å². The zero-order valence-electron chi connectivity index (χ0n) is 12.3. The normalized spacial score (nSPS) is 24.7. The van der Waals surface area contributed by atoms with Crippen molar-refractivity contribution in [2.24, 2.45) is 0 Å². The molecule has 3 nitrogen and oxygen atoms in total. The number of benzene rings is 1. The molecule has 1 heterocycles. The van der Waals surface area contributed by atoms with Crippen molar-refractivity contribution < 1.29 is 9.47 Å². The first kappa shape index (κ1) is 14.4. The van der Waals surface area contributed by atoms with E-state index >= 15 is 0 Å². The standard InChI is InChI=1S/C16H25NO2/c1-11(2)19-15-7-5-14(6-8-15)12(3)17-16-9-10-18-13(16)4/h5-8,11-13,16-17H,9-10H2,1-4H3. The minimum absolute atomic E-state index is 0.220. The van der Waals surface area contributed by atoms with E-state index in [9.17, 15) is 0 Å². The summed E-state index contributed by atoms with van der Waals surface area (Å²) in [5, 5.41) is 3.64. The predicted octanol–water partition coefficient (Wildman–Crippen LogP) is 3.30. The van der Waals surface area contributed by atoms with E-state index in [2.05, 4.69) is 31.3 Å². The lowest BCUT2D eigenvalue weighted by Crippen LogP contribution is -2.36. The minimum Gasteiger partial charge on any atom is -0.491 e. The molecule has 0 aromatic heterocycles. The molecule has 3 atom stereocenters. The molecule has 0 amide bonds. The van der Waals surface area contributed by atoms with Gasteiger partial charge in [-0.1, -0.05) is 12.1 Å². The Morgan fingerprint density at radius 2 is 1.89 bits per heavy atom. The lowest BCUT2D eigenvalue weighted by molar-refractivity contribution is 0.111. The first-order chi connectivity index (χ1) is 9.06. The molecule has 1 aliphatic heterocycles. The Labute approximate surface area is 116 Å². The molecule has 1 aliphatic rings. The fourth-order valence-corrected chi connectivity index (χ4v) is 2.48. The quantitative estimate of drug-likeness (QED) is 0.884. The third-order valence-electron chi connectivity index (χ3n) is 3.59. The van der Waals surface area contributed by atoms with Gasteiger partial charge in [0.2, 0.25) is 0 Å². The van der Waals surface area contributed by atoms with Crippen LogP contribution in [0.5, 0.6) is 5.75 Å². The monoisotopic (exact) mass is 263 g/mol. The topological polar surface area (TPSA) is 30.5 Å². The van der Waals surface area contributed by atoms with Gasteiger partial charge in [0.05, 0.1) is 12.2 Å². The molecule has 0 aliphatic carbocycles. The maximum Gasteiger partial charge on any atom is 0.119 e. The zero-order chi connectivity index (χ0) is 13.8. The molecular formula is C16H25NO2. The maximum absolute atomic E-state index is 5.66. The predicted molar refractivity (Wildman–Crippen MR) is 77.6 cm³/mol. The summed E-state index contributed by atoms with van der Waals surface area (Å²) in [6.45, 7) is 9.28. The van der Waals surface area contributed by atoms with Gasteiger partial charge in [-0.15, -0.1) is 0 Å². The van der Waals surface area contributed by atoms with E-state index < -0.39 is 0 Å². The van der Waals surface area contributed by atoms with Crippen molar-refractivity contribution in [3.8, 4) is 5.75 Å². The molecule has 0 saturated carbocycles. The van der Waals surface area contributed by atoms with Crippen LogP contribution >= 0.6 is 0 Å². The molecule has 0 spiro atoms. The second-order valence-electron chi connectivity index (χ2n) is 5.60. The SMILES string of the molecule is CC(C)Oc1ccc(C(C)NC2CCOC2C)cc1. The van der Waals surface area contributed by atoms with Crippen LogP contribution in [0.4, 0.5) is 0 Å². The molecule has 1 aromatic rings. The van der Waals surface area contributed by atoms with Gasteiger partial charge in [0.1, 0.15) is 5.75 Å². The van der Waals surface area contributed by atoms with Crippen molar-refractivity contribution >= 4 is 0 Å². The average Bonchev–Trinajstić information content (AvgIpc) is 2.75. The van der Waals surface area contributed by atoms with Gasteiger partial charge in [-0.05, 0) is 51.8 Å². The largest absolute Gasteiger partial charge is 0.491 e. The highest BCUT2D eigenvalue weighted by molar-refractivity contribution is 5.29. The summed E-state index contributed by atoms with van der Waals surface area (Å²) < 4.78 is 11.2. The highest BCUT2D eigenvalue weighted by Gasteiger charge is 2.25. The molecule has 1 saturated heterocycles. The summed E-state index contributed by atoms with van der Waals surface area (Å²) in [7, 11) is 0. The Morgan fingerprint density at radius 1 is 1.21 bits per heavy atom. The smallest absolute Gasteiger partial charge is 0.119 e. The molecule has 1 fully saturated rings. The number of nitrogens with one attached hydrogen (secondary N) is 1. The van der Waals surface area contributed by atoms with Crippen LogP contribution in [0.1, 0.15) is 45.7 Å². The van der Waals surface area contributed by atoms with Gasteiger partial charge in [-0.3, -0.25) is 0 Å². The molecule has 0 radical (unpaired) electrons. The fraction of sp³-hybridized carbons (Fsp3) is 0.625. The van der Waals surface area contributed by atoms with Crippen molar-refractivity contribution in [2.75, 3.05) is 6.61 Å². The summed E-state index contributed by atoms with van der Waals surface area (Å²) in [6, 6.07) is 9.15. The van der Waals surface area contributed by atoms with E-state index in [1.807, 2.05) is 26.0 Å². The van der Waals surface area contributed by atoms with Gasteiger partial charge >= 0.3 is 0 Å². The molecular weight excluding hydrogens is 238 g/mol. The number of ether oxygens (including phenoxy) is 2. The first-order valence-electron chi connectivity index (χ1n) is 7.20. The van der Waals surface area contributed by atoms with Gasteiger partial charge < -0.3 is 14.8 Å². The lowest BCUT2D eigenvalue weighted by Gasteiger charge is -2.22. The number of rotatable bonds is 5. The molecule has 1 aromatic carbocycles. The molecule has 19 heavy (non-hydrogen) atoms. The third-order valence-corrected chi connectivity index (χ3v) is 3.59. The number of hydrogen-bond acceptors (Lipinski definition) is 3. The van der Waals surface area contributed by atoms with Gasteiger partial charge in [-0.2, -0.15) is 0 Å². The molecule has 106 valence electrons. The Bertz CT molecular complexity index is 388. The Hall–Kier alpha value is -1.06. The lowest BCUT2D eigenvalue weighted by atomic mass is 10.1. The highest BCUT2D eigenvalue weighted by Crippen LogP contribution is 2.21. The van der Waals surface area contributed by atoms with Crippen LogP contribution in [0.15, 0.2) is 24.3 Å². The molecule has 3 unspecified atom stereocenters. The van der Waals surface area contributed by atoms with Crippen molar-refractivity contribution in [1.29, 1.82) is 0 Å². The molecule has 2 rings (SSSR count). The Balaban J connectivity index is 1.93. The second-order valence-corrected chi connectivity index (χ2v) is 5.60. The first-order valence-corrected chi connectivity index (χ1v) is 7.20. The van der Waals surface area contributed by atoms with Gasteiger partial charge in [-0.25, -0.2) is 0 Å². The Kier molecular flexibility index (Phi) is 4.83. The molecule has 3 heteroatoms. The van der Waals surface area contributed by atoms with E-state index in [1.54, 1.807) is 0 Å². The molecule has 1 N–H and O–H groups in total. The van der Waals surface area contributed by atoms with Gasteiger partial charge in [0.15, 0.2) is 0 Å². The fourth-order valence-electron chi connectivity index (χ4n) is 2.48. The van der Waals surface area contributed by atoms with Crippen LogP contribution in [-0.4, -0.2) is 24.9 Å². The van der Waals surface area contributed by atoms with Crippen LogP contribution in [-0.2, 0) is 4.74 Å². The van der Waals surface area contributed by atoms with Crippen molar-refractivity contribution in [3.63, 3.8) is 0 Å². The van der Waals surface area contributed by atoms with Crippen LogP contribution in [0, 0.1) is 0 Å². The minimum atomic E-state index is 0.220. The number of hydrogen-bond donors (Lipinski definition) is 1. The van der Waals surface area contributed by atoms with Crippen molar-refractivity contribution in [1.82, 2.24) is 5.32 Å². The van der Waals surface area contributed by atoms with E-state index in [0.29, 0.717) is 18.2 Å². The van der Waals surface area contributed by atoms with E-state index in [4.69, 9.17) is 9.47 Å². The summed E-state index contributed by atoms with van der Waals surface area (Å²) in [5.41, 5.74) is 1.29. The zero-order valence-corrected chi connectivity index (χ0v) is 12.3. The van der Waals surface area contributed by atoms with E-state index in [1.165, 1.54) is 5.56 Å². The summed E-state index contributed by atoms with van der Waals surface area (Å²) >= 11 is 0. The maximum atomic E-state index is 5.66. The van der Waals surface area contributed by atoms with Crippen LogP contribution in [0.2, 0.25) is 0 Å². The van der Waals surface area contributed by atoms with Crippen LogP contribution in [0.25, 0.3) is 0 Å². The summed E-state index contributed by atoms with van der Waals surface area (Å²) in [5.74, 6) is 0.934. The average molecular weight is 263 g/mol. The Morgan fingerprint density at radius 3 is 2.42 bits per heavy atom. The van der Waals surface area contributed by atoms with E-state index in [-0.39, 0.29) is 6.10 Å². The van der Waals surface area contributed by atoms with Crippen molar-refractivity contribution in [3.05, 3.63) is 29.8 Å². The second kappa shape index (κ2) is 6.40. The summed E-state index contributed by atoms with van der Waals surface area (Å²) in [4.78, 5) is 0. The van der Waals surface area contributed by atoms with Crippen LogP contribution in [0.3, 0.4) is 0 Å². The van der Waals surface area contributed by atoms with Gasteiger partial charge in [0.25, 0.3) is 0 Å².